The van der Waals surface area contributed by atoms with Crippen LogP contribution in [0.3, 0.4) is 0 Å². The molecule has 4 nitrogen and oxygen atoms in total. The lowest BCUT2D eigenvalue weighted by molar-refractivity contribution is 0.241. The van der Waals surface area contributed by atoms with Gasteiger partial charge < -0.3 is 0 Å². The van der Waals surface area contributed by atoms with E-state index in [0.29, 0.717) is 48.7 Å². The van der Waals surface area contributed by atoms with Crippen molar-refractivity contribution in [1.29, 1.82) is 0 Å². The standard InChI is InChI=1S/C21H18ClF2N3O/c22-17-3-1-14(2-4-17)12-27-21(28)20-13-26(6-5-16(20)10-25-27)11-15-7-18(23)9-19(24)8-15/h1-4,7-10H,5-6,11-13H2. The van der Waals surface area contributed by atoms with E-state index in [1.165, 1.54) is 16.8 Å². The minimum Gasteiger partial charge on any atom is -0.294 e. The summed E-state index contributed by atoms with van der Waals surface area (Å²) in [7, 11) is 0. The zero-order valence-corrected chi connectivity index (χ0v) is 15.8. The highest BCUT2D eigenvalue weighted by molar-refractivity contribution is 6.30. The van der Waals surface area contributed by atoms with Gasteiger partial charge >= 0.3 is 0 Å². The third-order valence-electron chi connectivity index (χ3n) is 4.89. The van der Waals surface area contributed by atoms with Crippen LogP contribution in [0.4, 0.5) is 8.78 Å². The van der Waals surface area contributed by atoms with Gasteiger partial charge in [-0.1, -0.05) is 23.7 Å². The lowest BCUT2D eigenvalue weighted by Crippen LogP contribution is -2.37. The third kappa shape index (κ3) is 4.13. The maximum absolute atomic E-state index is 13.4. The number of fused-ring (bicyclic) bond motifs is 1. The Bertz CT molecular complexity index is 1050. The van der Waals surface area contributed by atoms with E-state index in [9.17, 15) is 13.6 Å². The molecule has 1 aromatic heterocycles. The topological polar surface area (TPSA) is 38.1 Å². The van der Waals surface area contributed by atoms with E-state index in [1.807, 2.05) is 17.0 Å². The minimum atomic E-state index is -0.595. The highest BCUT2D eigenvalue weighted by Crippen LogP contribution is 2.19. The summed E-state index contributed by atoms with van der Waals surface area (Å²) in [6.07, 6.45) is 2.42. The molecule has 0 aliphatic carbocycles. The van der Waals surface area contributed by atoms with Crippen molar-refractivity contribution >= 4 is 11.6 Å². The molecular weight excluding hydrogens is 384 g/mol. The van der Waals surface area contributed by atoms with Gasteiger partial charge in [-0.05, 0) is 47.4 Å². The Kier molecular flexibility index (Phi) is 5.24. The van der Waals surface area contributed by atoms with E-state index in [-0.39, 0.29) is 5.56 Å². The van der Waals surface area contributed by atoms with Crippen LogP contribution >= 0.6 is 11.6 Å². The van der Waals surface area contributed by atoms with Gasteiger partial charge in [-0.15, -0.1) is 0 Å². The molecule has 4 rings (SSSR count). The quantitative estimate of drug-likeness (QED) is 0.667. The third-order valence-corrected chi connectivity index (χ3v) is 5.14. The van der Waals surface area contributed by atoms with Crippen LogP contribution in [-0.4, -0.2) is 21.2 Å². The van der Waals surface area contributed by atoms with Gasteiger partial charge in [0.2, 0.25) is 0 Å². The van der Waals surface area contributed by atoms with Crippen molar-refractivity contribution in [3.8, 4) is 0 Å². The Hall–Kier alpha value is -2.57. The highest BCUT2D eigenvalue weighted by Gasteiger charge is 2.21. The number of halogens is 3. The smallest absolute Gasteiger partial charge is 0.271 e. The van der Waals surface area contributed by atoms with Gasteiger partial charge in [0.1, 0.15) is 11.6 Å². The van der Waals surface area contributed by atoms with E-state index in [2.05, 4.69) is 5.10 Å². The van der Waals surface area contributed by atoms with E-state index in [4.69, 9.17) is 11.6 Å². The molecule has 0 spiro atoms. The van der Waals surface area contributed by atoms with Crippen LogP contribution in [0.1, 0.15) is 22.3 Å². The number of aromatic nitrogens is 2. The summed E-state index contributed by atoms with van der Waals surface area (Å²) in [5.74, 6) is -1.19. The second-order valence-electron chi connectivity index (χ2n) is 6.98. The Balaban J connectivity index is 1.55. The zero-order valence-electron chi connectivity index (χ0n) is 15.0. The molecule has 0 radical (unpaired) electrons. The highest BCUT2D eigenvalue weighted by atomic mass is 35.5. The minimum absolute atomic E-state index is 0.137. The van der Waals surface area contributed by atoms with Crippen LogP contribution in [0, 0.1) is 11.6 Å². The first-order valence-corrected chi connectivity index (χ1v) is 9.35. The monoisotopic (exact) mass is 401 g/mol. The van der Waals surface area contributed by atoms with E-state index >= 15 is 0 Å². The van der Waals surface area contributed by atoms with Crippen molar-refractivity contribution in [2.75, 3.05) is 6.54 Å². The van der Waals surface area contributed by atoms with Gasteiger partial charge in [-0.2, -0.15) is 5.10 Å². The lowest BCUT2D eigenvalue weighted by Gasteiger charge is -2.28. The largest absolute Gasteiger partial charge is 0.294 e. The Morgan fingerprint density at radius 3 is 2.43 bits per heavy atom. The fourth-order valence-electron chi connectivity index (χ4n) is 3.50. The van der Waals surface area contributed by atoms with Crippen LogP contribution in [0.5, 0.6) is 0 Å². The second kappa shape index (κ2) is 7.81. The maximum atomic E-state index is 13.4. The van der Waals surface area contributed by atoms with Crippen molar-refractivity contribution < 1.29 is 8.78 Å². The fraction of sp³-hybridized carbons (Fsp3) is 0.238. The van der Waals surface area contributed by atoms with Crippen LogP contribution in [0.25, 0.3) is 0 Å². The van der Waals surface area contributed by atoms with E-state index < -0.39 is 11.6 Å². The van der Waals surface area contributed by atoms with Gasteiger partial charge in [-0.25, -0.2) is 13.5 Å². The summed E-state index contributed by atoms with van der Waals surface area (Å²) in [4.78, 5) is 14.9. The molecule has 2 heterocycles. The molecule has 28 heavy (non-hydrogen) atoms. The molecule has 7 heteroatoms. The predicted octanol–water partition coefficient (Wildman–Crippen LogP) is 3.78. The summed E-state index contributed by atoms with van der Waals surface area (Å²) in [6.45, 7) is 1.87. The van der Waals surface area contributed by atoms with Crippen molar-refractivity contribution in [3.63, 3.8) is 0 Å². The zero-order chi connectivity index (χ0) is 19.7. The average Bonchev–Trinajstić information content (AvgIpc) is 2.65. The van der Waals surface area contributed by atoms with Crippen molar-refractivity contribution in [3.05, 3.63) is 97.9 Å². The molecule has 2 aromatic carbocycles. The number of rotatable bonds is 4. The predicted molar refractivity (Wildman–Crippen MR) is 103 cm³/mol. The van der Waals surface area contributed by atoms with Crippen molar-refractivity contribution in [2.24, 2.45) is 0 Å². The molecule has 3 aromatic rings. The summed E-state index contributed by atoms with van der Waals surface area (Å²) in [5, 5.41) is 4.93. The molecule has 0 N–H and O–H groups in total. The molecule has 144 valence electrons. The number of hydrogen-bond acceptors (Lipinski definition) is 3. The number of nitrogens with zero attached hydrogens (tertiary/aromatic N) is 3. The van der Waals surface area contributed by atoms with Gasteiger partial charge in [0.05, 0.1) is 12.7 Å². The van der Waals surface area contributed by atoms with Crippen LogP contribution < -0.4 is 5.56 Å². The van der Waals surface area contributed by atoms with E-state index in [1.54, 1.807) is 18.3 Å². The fourth-order valence-corrected chi connectivity index (χ4v) is 3.63. The molecule has 0 atom stereocenters. The molecule has 1 aliphatic rings. The van der Waals surface area contributed by atoms with Crippen LogP contribution in [0.2, 0.25) is 5.02 Å². The lowest BCUT2D eigenvalue weighted by atomic mass is 10.0. The molecular formula is C21H18ClF2N3O. The molecule has 1 aliphatic heterocycles. The Morgan fingerprint density at radius 1 is 1.00 bits per heavy atom. The average molecular weight is 402 g/mol. The summed E-state index contributed by atoms with van der Waals surface area (Å²) in [5.41, 5.74) is 2.96. The normalized spacial score (nSPS) is 14.1. The first-order valence-electron chi connectivity index (χ1n) is 8.97. The number of benzene rings is 2. The van der Waals surface area contributed by atoms with Crippen molar-refractivity contribution in [1.82, 2.24) is 14.7 Å². The molecule has 0 saturated heterocycles. The van der Waals surface area contributed by atoms with Gasteiger partial charge in [-0.3, -0.25) is 9.69 Å². The van der Waals surface area contributed by atoms with Crippen molar-refractivity contribution in [2.45, 2.75) is 26.1 Å². The summed E-state index contributed by atoms with van der Waals surface area (Å²) >= 11 is 5.91. The van der Waals surface area contributed by atoms with Gasteiger partial charge in [0.25, 0.3) is 5.56 Å². The van der Waals surface area contributed by atoms with Crippen LogP contribution in [0.15, 0.2) is 53.5 Å². The molecule has 0 bridgehead atoms. The molecule has 0 amide bonds. The molecule has 0 unspecified atom stereocenters. The Labute approximate surface area is 166 Å². The maximum Gasteiger partial charge on any atom is 0.271 e. The summed E-state index contributed by atoms with van der Waals surface area (Å²) in [6, 6.07) is 10.8. The SMILES string of the molecule is O=c1c2c(cnn1Cc1ccc(Cl)cc1)CCN(Cc1cc(F)cc(F)c1)C2. The molecule has 0 saturated carbocycles. The first-order chi connectivity index (χ1) is 13.5. The Morgan fingerprint density at radius 2 is 1.71 bits per heavy atom. The van der Waals surface area contributed by atoms with Gasteiger partial charge in [0, 0.05) is 36.3 Å². The summed E-state index contributed by atoms with van der Waals surface area (Å²) < 4.78 is 28.3. The van der Waals surface area contributed by atoms with Crippen LogP contribution in [-0.2, 0) is 26.1 Å². The van der Waals surface area contributed by atoms with E-state index in [0.717, 1.165) is 17.2 Å². The first kappa shape index (κ1) is 18.8. The second-order valence-corrected chi connectivity index (χ2v) is 7.41. The molecule has 0 fully saturated rings. The van der Waals surface area contributed by atoms with Gasteiger partial charge in [0.15, 0.2) is 0 Å². The number of hydrogen-bond donors (Lipinski definition) is 0.